The molecule has 27 heavy (non-hydrogen) atoms. The lowest BCUT2D eigenvalue weighted by molar-refractivity contribution is -0.117. The topological polar surface area (TPSA) is 69.7 Å². The van der Waals surface area contributed by atoms with Crippen LogP contribution in [0.3, 0.4) is 0 Å². The first-order valence-electron chi connectivity index (χ1n) is 8.36. The Morgan fingerprint density at radius 2 is 1.78 bits per heavy atom. The summed E-state index contributed by atoms with van der Waals surface area (Å²) in [6.45, 7) is 2.53. The molecule has 1 N–H and O–H groups in total. The second-order valence-electron chi connectivity index (χ2n) is 6.58. The number of anilines is 1. The van der Waals surface area contributed by atoms with Crippen molar-refractivity contribution in [3.63, 3.8) is 0 Å². The molecule has 0 fully saturated rings. The first-order chi connectivity index (χ1) is 12.6. The number of sulfonamides is 1. The van der Waals surface area contributed by atoms with E-state index in [2.05, 4.69) is 21.2 Å². The van der Waals surface area contributed by atoms with Gasteiger partial charge in [0.15, 0.2) is 0 Å². The van der Waals surface area contributed by atoms with Crippen LogP contribution in [0.15, 0.2) is 51.8 Å². The lowest BCUT2D eigenvalue weighted by Gasteiger charge is -2.18. The number of likely N-dealkylation sites (N-methyl/N-ethyl adjacent to an activating group) is 1. The number of hydrogen-bond donors (Lipinski definition) is 1. The molecule has 2 rings (SSSR count). The Morgan fingerprint density at radius 1 is 1.11 bits per heavy atom. The minimum atomic E-state index is -3.57. The van der Waals surface area contributed by atoms with Crippen LogP contribution in [-0.2, 0) is 21.4 Å². The van der Waals surface area contributed by atoms with Gasteiger partial charge in [-0.1, -0.05) is 40.2 Å². The molecule has 0 atom stereocenters. The second-order valence-corrected chi connectivity index (χ2v) is 9.55. The maximum absolute atomic E-state index is 12.4. The predicted molar refractivity (Wildman–Crippen MR) is 111 cm³/mol. The van der Waals surface area contributed by atoms with Crippen LogP contribution >= 0.6 is 15.9 Å². The Morgan fingerprint density at radius 3 is 2.41 bits per heavy atom. The molecule has 0 aliphatic heterocycles. The fraction of sp³-hybridized carbons (Fsp3) is 0.316. The first-order valence-corrected chi connectivity index (χ1v) is 10.6. The molecule has 0 aliphatic rings. The maximum atomic E-state index is 12.4. The van der Waals surface area contributed by atoms with E-state index in [-0.39, 0.29) is 17.3 Å². The minimum Gasteiger partial charge on any atom is -0.325 e. The van der Waals surface area contributed by atoms with Gasteiger partial charge in [0, 0.05) is 30.8 Å². The highest BCUT2D eigenvalue weighted by Crippen LogP contribution is 2.22. The van der Waals surface area contributed by atoms with Crippen LogP contribution in [0.2, 0.25) is 0 Å². The Hall–Kier alpha value is -1.74. The van der Waals surface area contributed by atoms with Crippen molar-refractivity contribution >= 4 is 37.5 Å². The molecule has 0 aromatic heterocycles. The Kier molecular flexibility index (Phi) is 7.16. The van der Waals surface area contributed by atoms with Gasteiger partial charge in [0.1, 0.15) is 0 Å². The van der Waals surface area contributed by atoms with Gasteiger partial charge in [-0.15, -0.1) is 0 Å². The maximum Gasteiger partial charge on any atom is 0.242 e. The number of amides is 1. The van der Waals surface area contributed by atoms with E-state index in [1.54, 1.807) is 19.1 Å². The predicted octanol–water partition coefficient (Wildman–Crippen LogP) is 3.08. The minimum absolute atomic E-state index is 0.185. The molecular weight excluding hydrogens is 430 g/mol. The van der Waals surface area contributed by atoms with Gasteiger partial charge in [-0.25, -0.2) is 12.7 Å². The summed E-state index contributed by atoms with van der Waals surface area (Å²) in [5, 5.41) is 2.78. The van der Waals surface area contributed by atoms with Gasteiger partial charge in [-0.05, 0) is 43.3 Å². The van der Waals surface area contributed by atoms with Gasteiger partial charge < -0.3 is 5.32 Å². The number of nitrogens with zero attached hydrogens (tertiary/aromatic N) is 2. The van der Waals surface area contributed by atoms with Crippen molar-refractivity contribution in [1.29, 1.82) is 0 Å². The number of nitrogens with one attached hydrogen (secondary N) is 1. The molecule has 8 heteroatoms. The zero-order valence-corrected chi connectivity index (χ0v) is 18.3. The van der Waals surface area contributed by atoms with Gasteiger partial charge in [0.25, 0.3) is 0 Å². The molecule has 0 spiro atoms. The first kappa shape index (κ1) is 21.6. The molecule has 0 saturated heterocycles. The van der Waals surface area contributed by atoms with Gasteiger partial charge >= 0.3 is 0 Å². The van der Waals surface area contributed by atoms with Crippen molar-refractivity contribution < 1.29 is 13.2 Å². The van der Waals surface area contributed by atoms with Crippen LogP contribution in [0, 0.1) is 6.92 Å². The molecule has 6 nitrogen and oxygen atoms in total. The Bertz CT molecular complexity index is 930. The molecule has 2 aromatic rings. The standard InChI is InChI=1S/C19H24BrN3O3S/c1-14-9-10-16(11-18(14)27(25,26)22(2)3)21-19(24)13-23(4)12-15-7-5-6-8-17(15)20/h5-11H,12-13H2,1-4H3,(H,21,24). The third kappa shape index (κ3) is 5.62. The molecule has 1 amide bonds. The van der Waals surface area contributed by atoms with Crippen molar-refractivity contribution in [3.05, 3.63) is 58.1 Å². The van der Waals surface area contributed by atoms with Crippen LogP contribution < -0.4 is 5.32 Å². The number of carbonyl (C=O) groups excluding carboxylic acids is 1. The quantitative estimate of drug-likeness (QED) is 0.698. The molecule has 2 aromatic carbocycles. The molecular formula is C19H24BrN3O3S. The molecule has 0 unspecified atom stereocenters. The van der Waals surface area contributed by atoms with Gasteiger partial charge in [-0.2, -0.15) is 0 Å². The summed E-state index contributed by atoms with van der Waals surface area (Å²) < 4.78 is 27.0. The number of carbonyl (C=O) groups is 1. The van der Waals surface area contributed by atoms with E-state index in [1.807, 2.05) is 36.2 Å². The van der Waals surface area contributed by atoms with Crippen LogP contribution in [0.1, 0.15) is 11.1 Å². The van der Waals surface area contributed by atoms with Crippen LogP contribution in [0.5, 0.6) is 0 Å². The lowest BCUT2D eigenvalue weighted by atomic mass is 10.2. The second kappa shape index (κ2) is 8.97. The number of hydrogen-bond acceptors (Lipinski definition) is 4. The molecule has 0 bridgehead atoms. The monoisotopic (exact) mass is 453 g/mol. The largest absolute Gasteiger partial charge is 0.325 e. The molecule has 146 valence electrons. The van der Waals surface area contributed by atoms with E-state index in [9.17, 15) is 13.2 Å². The smallest absolute Gasteiger partial charge is 0.242 e. The van der Waals surface area contributed by atoms with E-state index < -0.39 is 10.0 Å². The SMILES string of the molecule is Cc1ccc(NC(=O)CN(C)Cc2ccccc2Br)cc1S(=O)(=O)N(C)C. The third-order valence-electron chi connectivity index (χ3n) is 4.04. The summed E-state index contributed by atoms with van der Waals surface area (Å²) in [5.74, 6) is -0.207. The molecule has 0 radical (unpaired) electrons. The highest BCUT2D eigenvalue weighted by molar-refractivity contribution is 9.10. The number of aryl methyl sites for hydroxylation is 1. The van der Waals surface area contributed by atoms with Crippen molar-refractivity contribution in [3.8, 4) is 0 Å². The van der Waals surface area contributed by atoms with Crippen LogP contribution in [-0.4, -0.2) is 51.2 Å². The Labute approximate surface area is 169 Å². The highest BCUT2D eigenvalue weighted by Gasteiger charge is 2.20. The highest BCUT2D eigenvalue weighted by atomic mass is 79.9. The fourth-order valence-electron chi connectivity index (χ4n) is 2.57. The van der Waals surface area contributed by atoms with E-state index in [1.165, 1.54) is 20.2 Å². The summed E-state index contributed by atoms with van der Waals surface area (Å²) in [7, 11) is 1.25. The van der Waals surface area contributed by atoms with Gasteiger partial charge in [-0.3, -0.25) is 9.69 Å². The number of halogens is 1. The lowest BCUT2D eigenvalue weighted by Crippen LogP contribution is -2.30. The number of rotatable bonds is 7. The Balaban J connectivity index is 2.07. The zero-order chi connectivity index (χ0) is 20.2. The summed E-state index contributed by atoms with van der Waals surface area (Å²) in [6.07, 6.45) is 0. The molecule has 0 saturated carbocycles. The average Bonchev–Trinajstić information content (AvgIpc) is 2.58. The van der Waals surface area contributed by atoms with Crippen molar-refractivity contribution in [2.24, 2.45) is 0 Å². The zero-order valence-electron chi connectivity index (χ0n) is 15.9. The third-order valence-corrected chi connectivity index (χ3v) is 6.77. The van der Waals surface area contributed by atoms with E-state index in [0.717, 1.165) is 14.3 Å². The average molecular weight is 454 g/mol. The van der Waals surface area contributed by atoms with E-state index in [0.29, 0.717) is 17.8 Å². The fourth-order valence-corrected chi connectivity index (χ4v) is 4.13. The summed E-state index contributed by atoms with van der Waals surface area (Å²) in [6, 6.07) is 12.7. The van der Waals surface area contributed by atoms with Crippen molar-refractivity contribution in [2.75, 3.05) is 33.0 Å². The van der Waals surface area contributed by atoms with E-state index in [4.69, 9.17) is 0 Å². The normalized spacial score (nSPS) is 11.8. The van der Waals surface area contributed by atoms with Crippen molar-refractivity contribution in [1.82, 2.24) is 9.21 Å². The van der Waals surface area contributed by atoms with Crippen LogP contribution in [0.4, 0.5) is 5.69 Å². The summed E-state index contributed by atoms with van der Waals surface area (Å²) in [4.78, 5) is 14.4. The van der Waals surface area contributed by atoms with E-state index >= 15 is 0 Å². The van der Waals surface area contributed by atoms with Crippen LogP contribution in [0.25, 0.3) is 0 Å². The van der Waals surface area contributed by atoms with Gasteiger partial charge in [0.2, 0.25) is 15.9 Å². The molecule has 0 heterocycles. The van der Waals surface area contributed by atoms with Crippen molar-refractivity contribution in [2.45, 2.75) is 18.4 Å². The van der Waals surface area contributed by atoms with Gasteiger partial charge in [0.05, 0.1) is 11.4 Å². The summed E-state index contributed by atoms with van der Waals surface area (Å²) >= 11 is 3.50. The molecule has 0 aliphatic carbocycles. The number of benzene rings is 2. The summed E-state index contributed by atoms with van der Waals surface area (Å²) in [5.41, 5.74) is 2.18.